The first kappa shape index (κ1) is 22.3. The molecule has 3 rings (SSSR count). The smallest absolute Gasteiger partial charge is 0.418 e. The summed E-state index contributed by atoms with van der Waals surface area (Å²) in [6.07, 6.45) is -3.81. The van der Waals surface area contributed by atoms with Gasteiger partial charge in [-0.05, 0) is 24.3 Å². The van der Waals surface area contributed by atoms with Crippen LogP contribution in [0.25, 0.3) is 0 Å². The fourth-order valence-corrected chi connectivity index (χ4v) is 2.72. The van der Waals surface area contributed by atoms with E-state index in [9.17, 15) is 28.1 Å². The molecule has 1 amide bonds. The average molecular weight is 448 g/mol. The molecule has 0 atom stereocenters. The molecule has 0 saturated carbocycles. The topological polar surface area (TPSA) is 131 Å². The predicted octanol–water partition coefficient (Wildman–Crippen LogP) is 3.91. The molecular formula is C19H15F3N6O4. The zero-order valence-corrected chi connectivity index (χ0v) is 16.3. The van der Waals surface area contributed by atoms with E-state index in [2.05, 4.69) is 26.1 Å². The van der Waals surface area contributed by atoms with Gasteiger partial charge in [-0.25, -0.2) is 9.97 Å². The van der Waals surface area contributed by atoms with E-state index < -0.39 is 45.6 Å². The Balaban J connectivity index is 1.90. The number of carbonyl (C=O) groups is 1. The molecule has 32 heavy (non-hydrogen) atoms. The number of para-hydroxylation sites is 2. The first-order valence-electron chi connectivity index (χ1n) is 8.84. The molecule has 0 bridgehead atoms. The Morgan fingerprint density at radius 2 is 1.72 bits per heavy atom. The third-order valence-electron chi connectivity index (χ3n) is 4.14. The van der Waals surface area contributed by atoms with Crippen LogP contribution in [0, 0.1) is 10.1 Å². The van der Waals surface area contributed by atoms with Crippen LogP contribution in [0.1, 0.15) is 15.9 Å². The number of hydrogen-bond donors (Lipinski definition) is 3. The monoisotopic (exact) mass is 448 g/mol. The van der Waals surface area contributed by atoms with Crippen molar-refractivity contribution >= 4 is 28.9 Å². The van der Waals surface area contributed by atoms with Crippen LogP contribution in [-0.2, 0) is 6.18 Å². The van der Waals surface area contributed by atoms with Gasteiger partial charge in [-0.3, -0.25) is 25.8 Å². The maximum absolute atomic E-state index is 13.2. The second-order valence-corrected chi connectivity index (χ2v) is 6.12. The summed E-state index contributed by atoms with van der Waals surface area (Å²) in [6, 6.07) is 10.7. The van der Waals surface area contributed by atoms with Gasteiger partial charge in [0, 0.05) is 0 Å². The Kier molecular flexibility index (Phi) is 6.37. The first-order chi connectivity index (χ1) is 15.2. The molecule has 0 aliphatic heterocycles. The van der Waals surface area contributed by atoms with Gasteiger partial charge in [0.25, 0.3) is 5.91 Å². The molecule has 10 nitrogen and oxygen atoms in total. The average Bonchev–Trinajstić information content (AvgIpc) is 2.77. The summed E-state index contributed by atoms with van der Waals surface area (Å²) in [5.74, 6) is -1.38. The quantitative estimate of drug-likeness (QED) is 0.366. The van der Waals surface area contributed by atoms with E-state index in [1.165, 1.54) is 25.3 Å². The van der Waals surface area contributed by atoms with E-state index >= 15 is 0 Å². The van der Waals surface area contributed by atoms with Crippen molar-refractivity contribution < 1.29 is 27.6 Å². The van der Waals surface area contributed by atoms with Crippen LogP contribution in [0.5, 0.6) is 5.75 Å². The van der Waals surface area contributed by atoms with Crippen LogP contribution in [0.2, 0.25) is 0 Å². The van der Waals surface area contributed by atoms with Crippen LogP contribution in [0.3, 0.4) is 0 Å². The standard InChI is InChI=1S/C19H15F3N6O4/c1-32-14-9-5-2-6-11(14)18(29)27-26-17-15(28(30)31)16(23-10-24-17)25-13-8-4-3-7-12(13)19(20,21)22/h2-10H,1H3,(H,27,29)(H2,23,24,25,26). The number of nitrogens with one attached hydrogen (secondary N) is 3. The highest BCUT2D eigenvalue weighted by Gasteiger charge is 2.34. The number of nitrogens with zero attached hydrogens (tertiary/aromatic N) is 3. The van der Waals surface area contributed by atoms with Gasteiger partial charge >= 0.3 is 11.9 Å². The van der Waals surface area contributed by atoms with Crippen molar-refractivity contribution in [1.29, 1.82) is 0 Å². The molecule has 0 spiro atoms. The van der Waals surface area contributed by atoms with Crippen LogP contribution in [-0.4, -0.2) is 27.9 Å². The van der Waals surface area contributed by atoms with Gasteiger partial charge in [-0.2, -0.15) is 13.2 Å². The molecule has 1 heterocycles. The summed E-state index contributed by atoms with van der Waals surface area (Å²) in [7, 11) is 1.37. The molecule has 0 fully saturated rings. The highest BCUT2D eigenvalue weighted by molar-refractivity contribution is 5.97. The molecule has 2 aromatic carbocycles. The van der Waals surface area contributed by atoms with Crippen molar-refractivity contribution in [2.75, 3.05) is 17.9 Å². The number of alkyl halides is 3. The van der Waals surface area contributed by atoms with Crippen LogP contribution in [0.4, 0.5) is 36.2 Å². The molecular weight excluding hydrogens is 433 g/mol. The largest absolute Gasteiger partial charge is 0.496 e. The van der Waals surface area contributed by atoms with Crippen molar-refractivity contribution in [3.05, 3.63) is 76.1 Å². The number of halogens is 3. The Bertz CT molecular complexity index is 1160. The third kappa shape index (κ3) is 4.83. The number of ether oxygens (including phenoxy) is 1. The van der Waals surface area contributed by atoms with Gasteiger partial charge in [0.05, 0.1) is 28.8 Å². The highest BCUT2D eigenvalue weighted by Crippen LogP contribution is 2.38. The van der Waals surface area contributed by atoms with Gasteiger partial charge in [-0.15, -0.1) is 0 Å². The number of aromatic nitrogens is 2. The third-order valence-corrected chi connectivity index (χ3v) is 4.14. The fraction of sp³-hybridized carbons (Fsp3) is 0.105. The van der Waals surface area contributed by atoms with Crippen molar-refractivity contribution in [2.24, 2.45) is 0 Å². The summed E-state index contributed by atoms with van der Waals surface area (Å²) in [5.41, 5.74) is 2.43. The predicted molar refractivity (Wildman–Crippen MR) is 107 cm³/mol. The lowest BCUT2D eigenvalue weighted by Gasteiger charge is -2.15. The maximum Gasteiger partial charge on any atom is 0.418 e. The molecule has 3 N–H and O–H groups in total. The Morgan fingerprint density at radius 1 is 1.06 bits per heavy atom. The SMILES string of the molecule is COc1ccccc1C(=O)NNc1ncnc(Nc2ccccc2C(F)(F)F)c1[N+](=O)[O-]. The van der Waals surface area contributed by atoms with Gasteiger partial charge in [-0.1, -0.05) is 24.3 Å². The second-order valence-electron chi connectivity index (χ2n) is 6.12. The molecule has 1 aromatic heterocycles. The number of amides is 1. The number of benzene rings is 2. The molecule has 13 heteroatoms. The van der Waals surface area contributed by atoms with E-state index in [4.69, 9.17) is 4.74 Å². The van der Waals surface area contributed by atoms with Gasteiger partial charge in [0.1, 0.15) is 12.1 Å². The molecule has 0 unspecified atom stereocenters. The number of nitro groups is 1. The lowest BCUT2D eigenvalue weighted by Crippen LogP contribution is -2.30. The first-order valence-corrected chi connectivity index (χ1v) is 8.84. The van der Waals surface area contributed by atoms with Crippen molar-refractivity contribution in [3.8, 4) is 5.75 Å². The van der Waals surface area contributed by atoms with Crippen LogP contribution < -0.4 is 20.9 Å². The molecule has 3 aromatic rings. The van der Waals surface area contributed by atoms with E-state index in [-0.39, 0.29) is 11.3 Å². The molecule has 0 saturated heterocycles. The normalized spacial score (nSPS) is 10.9. The summed E-state index contributed by atoms with van der Waals surface area (Å²) < 4.78 is 44.8. The van der Waals surface area contributed by atoms with E-state index in [0.29, 0.717) is 0 Å². The zero-order chi connectivity index (χ0) is 23.3. The number of methoxy groups -OCH3 is 1. The molecule has 166 valence electrons. The number of anilines is 3. The summed E-state index contributed by atoms with van der Waals surface area (Å²) in [5, 5.41) is 13.9. The van der Waals surface area contributed by atoms with Crippen molar-refractivity contribution in [2.45, 2.75) is 6.18 Å². The summed E-state index contributed by atoms with van der Waals surface area (Å²) >= 11 is 0. The van der Waals surface area contributed by atoms with Gasteiger partial charge in [0.2, 0.25) is 11.6 Å². The maximum atomic E-state index is 13.2. The summed E-state index contributed by atoms with van der Waals surface area (Å²) in [6.45, 7) is 0. The highest BCUT2D eigenvalue weighted by atomic mass is 19.4. The number of rotatable bonds is 7. The second kappa shape index (κ2) is 9.16. The molecule has 0 aliphatic rings. The lowest BCUT2D eigenvalue weighted by molar-refractivity contribution is -0.383. The Morgan fingerprint density at radius 3 is 2.41 bits per heavy atom. The lowest BCUT2D eigenvalue weighted by atomic mass is 10.1. The Hall–Kier alpha value is -4.42. The van der Waals surface area contributed by atoms with Gasteiger partial charge < -0.3 is 10.1 Å². The summed E-state index contributed by atoms with van der Waals surface area (Å²) in [4.78, 5) is 30.5. The van der Waals surface area contributed by atoms with Crippen LogP contribution in [0.15, 0.2) is 54.9 Å². The number of hydrazine groups is 1. The van der Waals surface area contributed by atoms with E-state index in [1.54, 1.807) is 18.2 Å². The molecule has 0 aliphatic carbocycles. The van der Waals surface area contributed by atoms with Crippen molar-refractivity contribution in [3.63, 3.8) is 0 Å². The molecule has 0 radical (unpaired) electrons. The fourth-order valence-electron chi connectivity index (χ4n) is 2.72. The minimum Gasteiger partial charge on any atom is -0.496 e. The Labute approximate surface area is 178 Å². The van der Waals surface area contributed by atoms with Gasteiger partial charge in [0.15, 0.2) is 0 Å². The number of carbonyl (C=O) groups excluding carboxylic acids is 1. The van der Waals surface area contributed by atoms with Crippen LogP contribution >= 0.6 is 0 Å². The zero-order valence-electron chi connectivity index (χ0n) is 16.3. The van der Waals surface area contributed by atoms with E-state index in [0.717, 1.165) is 18.5 Å². The minimum atomic E-state index is -4.70. The number of hydrogen-bond acceptors (Lipinski definition) is 8. The van der Waals surface area contributed by atoms with E-state index in [1.807, 2.05) is 0 Å². The van der Waals surface area contributed by atoms with Crippen molar-refractivity contribution in [1.82, 2.24) is 15.4 Å². The minimum absolute atomic E-state index is 0.136.